The van der Waals surface area contributed by atoms with Gasteiger partial charge >= 0.3 is 0 Å². The van der Waals surface area contributed by atoms with Crippen LogP contribution in [0.2, 0.25) is 0 Å². The average molecular weight is 193 g/mol. The lowest BCUT2D eigenvalue weighted by Crippen LogP contribution is -2.29. The van der Waals surface area contributed by atoms with E-state index in [1.165, 1.54) is 0 Å². The highest BCUT2D eigenvalue weighted by molar-refractivity contribution is 4.92. The molecule has 0 saturated carbocycles. The molecule has 78 valence electrons. The van der Waals surface area contributed by atoms with E-state index in [1.54, 1.807) is 0 Å². The Morgan fingerprint density at radius 1 is 1.36 bits per heavy atom. The van der Waals surface area contributed by atoms with Gasteiger partial charge in [-0.1, -0.05) is 0 Å². The second kappa shape index (κ2) is 5.62. The molecule has 0 fully saturated rings. The molecule has 0 heterocycles. The third kappa shape index (κ3) is 4.84. The molecule has 1 atom stereocenters. The molecule has 0 rings (SSSR count). The van der Waals surface area contributed by atoms with E-state index in [9.17, 15) is 0 Å². The first-order valence-electron chi connectivity index (χ1n) is 4.94. The Kier molecular flexibility index (Phi) is 5.20. The molecular formula is C11H19N3. The Hall–Kier alpha value is -1.06. The molecule has 3 nitrogen and oxygen atoms in total. The molecular weight excluding hydrogens is 174 g/mol. The highest BCUT2D eigenvalue weighted by atomic mass is 15.1. The minimum absolute atomic E-state index is 0.0415. The van der Waals surface area contributed by atoms with Gasteiger partial charge in [0.2, 0.25) is 0 Å². The van der Waals surface area contributed by atoms with E-state index in [2.05, 4.69) is 12.1 Å². The van der Waals surface area contributed by atoms with Gasteiger partial charge in [0.25, 0.3) is 0 Å². The van der Waals surface area contributed by atoms with Crippen LogP contribution in [0, 0.1) is 28.1 Å². The summed E-state index contributed by atoms with van der Waals surface area (Å²) in [5.41, 5.74) is -0.239. The Bertz CT molecular complexity index is 244. The van der Waals surface area contributed by atoms with Crippen molar-refractivity contribution in [3.05, 3.63) is 0 Å². The van der Waals surface area contributed by atoms with Gasteiger partial charge in [0.05, 0.1) is 23.6 Å². The van der Waals surface area contributed by atoms with Crippen LogP contribution in [0.15, 0.2) is 0 Å². The van der Waals surface area contributed by atoms with Crippen LogP contribution in [-0.4, -0.2) is 24.5 Å². The molecule has 0 amide bonds. The number of rotatable bonds is 5. The van der Waals surface area contributed by atoms with Gasteiger partial charge in [-0.2, -0.15) is 10.5 Å². The fourth-order valence-electron chi connectivity index (χ4n) is 1.12. The van der Waals surface area contributed by atoms with E-state index in [0.717, 1.165) is 19.4 Å². The monoisotopic (exact) mass is 193 g/mol. The molecule has 0 aliphatic heterocycles. The Balaban J connectivity index is 3.77. The van der Waals surface area contributed by atoms with Crippen molar-refractivity contribution in [2.24, 2.45) is 5.41 Å². The van der Waals surface area contributed by atoms with Gasteiger partial charge in [-0.15, -0.1) is 0 Å². The topological polar surface area (TPSA) is 50.8 Å². The highest BCUT2D eigenvalue weighted by Crippen LogP contribution is 2.20. The van der Waals surface area contributed by atoms with Crippen LogP contribution in [0.1, 0.15) is 33.6 Å². The zero-order valence-corrected chi connectivity index (χ0v) is 9.54. The second-order valence-corrected chi connectivity index (χ2v) is 4.38. The summed E-state index contributed by atoms with van der Waals surface area (Å²) in [6.07, 6.45) is 1.84. The first-order valence-corrected chi connectivity index (χ1v) is 4.94. The van der Waals surface area contributed by atoms with Crippen molar-refractivity contribution >= 4 is 0 Å². The Morgan fingerprint density at radius 2 is 1.93 bits per heavy atom. The smallest absolute Gasteiger partial charge is 0.0946 e. The van der Waals surface area contributed by atoms with Crippen LogP contribution in [-0.2, 0) is 0 Å². The van der Waals surface area contributed by atoms with E-state index in [0.29, 0.717) is 0 Å². The van der Waals surface area contributed by atoms with Crippen molar-refractivity contribution in [1.29, 1.82) is 10.5 Å². The second-order valence-electron chi connectivity index (χ2n) is 4.38. The number of nitrogens with zero attached hydrogens (tertiary/aromatic N) is 3. The summed E-state index contributed by atoms with van der Waals surface area (Å²) in [6, 6.07) is 4.42. The van der Waals surface area contributed by atoms with Gasteiger partial charge in [-0.25, -0.2) is 0 Å². The van der Waals surface area contributed by atoms with Crippen molar-refractivity contribution in [2.75, 3.05) is 13.6 Å². The Labute approximate surface area is 86.9 Å². The van der Waals surface area contributed by atoms with E-state index in [1.807, 2.05) is 32.7 Å². The van der Waals surface area contributed by atoms with Crippen molar-refractivity contribution < 1.29 is 0 Å². The molecule has 0 saturated heterocycles. The van der Waals surface area contributed by atoms with Gasteiger partial charge in [0.15, 0.2) is 0 Å². The summed E-state index contributed by atoms with van der Waals surface area (Å²) < 4.78 is 0. The summed E-state index contributed by atoms with van der Waals surface area (Å²) >= 11 is 0. The fraction of sp³-hybridized carbons (Fsp3) is 0.818. The molecule has 1 unspecified atom stereocenters. The van der Waals surface area contributed by atoms with Crippen molar-refractivity contribution in [1.82, 2.24) is 4.90 Å². The predicted molar refractivity (Wildman–Crippen MR) is 56.3 cm³/mol. The lowest BCUT2D eigenvalue weighted by Gasteiger charge is -2.21. The molecule has 0 bridgehead atoms. The molecule has 0 aliphatic carbocycles. The summed E-state index contributed by atoms with van der Waals surface area (Å²) in [6.45, 7) is 6.65. The lowest BCUT2D eigenvalue weighted by atomic mass is 9.90. The minimum Gasteiger partial charge on any atom is -0.291 e. The number of nitriles is 2. The van der Waals surface area contributed by atoms with Gasteiger partial charge in [0.1, 0.15) is 0 Å². The maximum Gasteiger partial charge on any atom is 0.0946 e. The molecule has 0 aromatic rings. The van der Waals surface area contributed by atoms with E-state index >= 15 is 0 Å². The number of hydrogen-bond donors (Lipinski definition) is 0. The molecule has 14 heavy (non-hydrogen) atoms. The van der Waals surface area contributed by atoms with Gasteiger partial charge in [-0.05, 0) is 47.2 Å². The van der Waals surface area contributed by atoms with Crippen LogP contribution < -0.4 is 0 Å². The van der Waals surface area contributed by atoms with Gasteiger partial charge < -0.3 is 0 Å². The van der Waals surface area contributed by atoms with Gasteiger partial charge in [-0.3, -0.25) is 4.90 Å². The van der Waals surface area contributed by atoms with E-state index in [4.69, 9.17) is 10.5 Å². The van der Waals surface area contributed by atoms with Crippen LogP contribution in [0.5, 0.6) is 0 Å². The Morgan fingerprint density at radius 3 is 2.36 bits per heavy atom. The molecule has 0 aromatic carbocycles. The number of hydrogen-bond acceptors (Lipinski definition) is 3. The summed E-state index contributed by atoms with van der Waals surface area (Å²) in [5, 5.41) is 17.5. The molecule has 3 heteroatoms. The average Bonchev–Trinajstić information content (AvgIpc) is 2.16. The summed E-state index contributed by atoms with van der Waals surface area (Å²) in [5.74, 6) is 0. The van der Waals surface area contributed by atoms with Crippen LogP contribution in [0.3, 0.4) is 0 Å². The highest BCUT2D eigenvalue weighted by Gasteiger charge is 2.16. The minimum atomic E-state index is -0.239. The first-order chi connectivity index (χ1) is 6.43. The molecule has 0 radical (unpaired) electrons. The molecule has 0 aromatic heterocycles. The fourth-order valence-corrected chi connectivity index (χ4v) is 1.12. The predicted octanol–water partition coefficient (Wildman–Crippen LogP) is 2.16. The lowest BCUT2D eigenvalue weighted by molar-refractivity contribution is 0.279. The van der Waals surface area contributed by atoms with Gasteiger partial charge in [0, 0.05) is 0 Å². The maximum atomic E-state index is 8.80. The third-order valence-electron chi connectivity index (χ3n) is 2.46. The van der Waals surface area contributed by atoms with E-state index < -0.39 is 0 Å². The zero-order valence-electron chi connectivity index (χ0n) is 9.54. The van der Waals surface area contributed by atoms with Crippen LogP contribution in [0.4, 0.5) is 0 Å². The standard InChI is InChI=1S/C11H19N3/c1-10(8-12)14(4)7-5-6-11(2,3)9-13/h10H,5-7H2,1-4H3. The summed E-state index contributed by atoms with van der Waals surface area (Å²) in [4.78, 5) is 2.01. The third-order valence-corrected chi connectivity index (χ3v) is 2.46. The quantitative estimate of drug-likeness (QED) is 0.672. The molecule has 0 spiro atoms. The van der Waals surface area contributed by atoms with Crippen molar-refractivity contribution in [3.63, 3.8) is 0 Å². The van der Waals surface area contributed by atoms with Crippen molar-refractivity contribution in [2.45, 2.75) is 39.7 Å². The molecule has 0 aliphatic rings. The van der Waals surface area contributed by atoms with E-state index in [-0.39, 0.29) is 11.5 Å². The van der Waals surface area contributed by atoms with Crippen molar-refractivity contribution in [3.8, 4) is 12.1 Å². The SMILES string of the molecule is CC(C#N)N(C)CCCC(C)(C)C#N. The first kappa shape index (κ1) is 12.9. The normalized spacial score (nSPS) is 13.4. The largest absolute Gasteiger partial charge is 0.291 e. The molecule has 0 N–H and O–H groups in total. The van der Waals surface area contributed by atoms with Crippen LogP contribution >= 0.6 is 0 Å². The van der Waals surface area contributed by atoms with Crippen LogP contribution in [0.25, 0.3) is 0 Å². The summed E-state index contributed by atoms with van der Waals surface area (Å²) in [7, 11) is 1.94. The maximum absolute atomic E-state index is 8.80. The zero-order chi connectivity index (χ0) is 11.2.